The molecule has 2 N–H and O–H groups in total. The maximum Gasteiger partial charge on any atom is 0.412 e. The van der Waals surface area contributed by atoms with E-state index in [1.807, 2.05) is 50.2 Å². The number of benzene rings is 2. The maximum absolute atomic E-state index is 13.1. The van der Waals surface area contributed by atoms with E-state index in [1.54, 1.807) is 7.05 Å². The lowest BCUT2D eigenvalue weighted by Crippen LogP contribution is -2.38. The number of hydrogen-bond acceptors (Lipinski definition) is 5. The number of anilines is 1. The monoisotopic (exact) mass is 476 g/mol. The van der Waals surface area contributed by atoms with Gasteiger partial charge in [-0.05, 0) is 28.2 Å². The van der Waals surface area contributed by atoms with Crippen molar-refractivity contribution in [3.63, 3.8) is 0 Å². The first-order valence-electron chi connectivity index (χ1n) is 11.4. The van der Waals surface area contributed by atoms with Crippen molar-refractivity contribution in [3.05, 3.63) is 71.4 Å². The highest BCUT2D eigenvalue weighted by molar-refractivity contribution is 6.02. The topological polar surface area (TPSA) is 114 Å². The van der Waals surface area contributed by atoms with Gasteiger partial charge in [0.1, 0.15) is 18.7 Å². The predicted molar refractivity (Wildman–Crippen MR) is 130 cm³/mol. The number of ether oxygens (including phenoxy) is 1. The third-order valence-corrected chi connectivity index (χ3v) is 5.82. The summed E-state index contributed by atoms with van der Waals surface area (Å²) in [5, 5.41) is 16.0. The molecule has 0 unspecified atom stereocenters. The molecule has 2 amide bonds. The molecule has 182 valence electrons. The molecule has 1 aromatic heterocycles. The quantitative estimate of drug-likeness (QED) is 0.509. The Balaban J connectivity index is 1.48. The fourth-order valence-electron chi connectivity index (χ4n) is 4.46. The Morgan fingerprint density at radius 3 is 2.26 bits per heavy atom. The van der Waals surface area contributed by atoms with Gasteiger partial charge >= 0.3 is 12.1 Å². The SMILES string of the molecule is CC(C)CN(CC(=O)O)C(=O)c1cn(C)nc1NC(=O)OCC1c2ccccc2-c2ccccc21. The summed E-state index contributed by atoms with van der Waals surface area (Å²) in [5.74, 6) is -1.66. The van der Waals surface area contributed by atoms with Crippen LogP contribution in [0.15, 0.2) is 54.7 Å². The average molecular weight is 477 g/mol. The van der Waals surface area contributed by atoms with Gasteiger partial charge in [0.05, 0.1) is 0 Å². The second-order valence-electron chi connectivity index (χ2n) is 8.99. The van der Waals surface area contributed by atoms with Gasteiger partial charge in [0.2, 0.25) is 0 Å². The van der Waals surface area contributed by atoms with Crippen LogP contribution >= 0.6 is 0 Å². The summed E-state index contributed by atoms with van der Waals surface area (Å²) in [6.45, 7) is 3.71. The molecule has 2 aromatic carbocycles. The van der Waals surface area contributed by atoms with Crippen molar-refractivity contribution < 1.29 is 24.2 Å². The highest BCUT2D eigenvalue weighted by atomic mass is 16.5. The minimum Gasteiger partial charge on any atom is -0.480 e. The van der Waals surface area contributed by atoms with Gasteiger partial charge in [-0.15, -0.1) is 0 Å². The number of carbonyl (C=O) groups excluding carboxylic acids is 2. The molecule has 0 saturated heterocycles. The summed E-state index contributed by atoms with van der Waals surface area (Å²) < 4.78 is 6.95. The second kappa shape index (κ2) is 10.0. The number of nitrogens with one attached hydrogen (secondary N) is 1. The van der Waals surface area contributed by atoms with E-state index in [0.717, 1.165) is 22.3 Å². The van der Waals surface area contributed by atoms with Crippen LogP contribution in [0.25, 0.3) is 11.1 Å². The number of carbonyl (C=O) groups is 3. The van der Waals surface area contributed by atoms with Crippen molar-refractivity contribution in [1.29, 1.82) is 0 Å². The smallest absolute Gasteiger partial charge is 0.412 e. The van der Waals surface area contributed by atoms with Gasteiger partial charge in [-0.2, -0.15) is 5.10 Å². The number of carboxylic acid groups (broad SMARTS) is 1. The molecule has 0 aliphatic heterocycles. The first-order valence-corrected chi connectivity index (χ1v) is 11.4. The Hall–Kier alpha value is -4.14. The Morgan fingerprint density at radius 2 is 1.69 bits per heavy atom. The van der Waals surface area contributed by atoms with E-state index in [4.69, 9.17) is 4.74 Å². The van der Waals surface area contributed by atoms with Crippen molar-refractivity contribution in [2.24, 2.45) is 13.0 Å². The van der Waals surface area contributed by atoms with Crippen LogP contribution in [0.2, 0.25) is 0 Å². The molecule has 9 nitrogen and oxygen atoms in total. The molecule has 0 fully saturated rings. The third-order valence-electron chi connectivity index (χ3n) is 5.82. The number of rotatable bonds is 8. The van der Waals surface area contributed by atoms with Crippen molar-refractivity contribution >= 4 is 23.8 Å². The Morgan fingerprint density at radius 1 is 1.09 bits per heavy atom. The molecule has 0 spiro atoms. The summed E-state index contributed by atoms with van der Waals surface area (Å²) >= 11 is 0. The molecule has 0 saturated carbocycles. The molecule has 1 aliphatic rings. The van der Waals surface area contributed by atoms with Crippen LogP contribution in [0.3, 0.4) is 0 Å². The van der Waals surface area contributed by atoms with Crippen LogP contribution in [0, 0.1) is 5.92 Å². The summed E-state index contributed by atoms with van der Waals surface area (Å²) in [4.78, 5) is 38.3. The fourth-order valence-corrected chi connectivity index (χ4v) is 4.46. The van der Waals surface area contributed by atoms with Crippen molar-refractivity contribution in [2.45, 2.75) is 19.8 Å². The minimum atomic E-state index is -1.12. The zero-order chi connectivity index (χ0) is 25.1. The normalized spacial score (nSPS) is 12.2. The van der Waals surface area contributed by atoms with E-state index >= 15 is 0 Å². The fraction of sp³-hybridized carbons (Fsp3) is 0.308. The zero-order valence-corrected chi connectivity index (χ0v) is 19.9. The number of aromatic nitrogens is 2. The first kappa shape index (κ1) is 24.0. The van der Waals surface area contributed by atoms with Crippen LogP contribution in [0.5, 0.6) is 0 Å². The number of aryl methyl sites for hydroxylation is 1. The van der Waals surface area contributed by atoms with E-state index < -0.39 is 24.5 Å². The molecule has 0 radical (unpaired) electrons. The number of carboxylic acids is 1. The van der Waals surface area contributed by atoms with Crippen LogP contribution in [0.4, 0.5) is 10.6 Å². The second-order valence-corrected chi connectivity index (χ2v) is 8.99. The number of amides is 2. The summed E-state index contributed by atoms with van der Waals surface area (Å²) in [6, 6.07) is 16.1. The first-order chi connectivity index (χ1) is 16.7. The molecule has 0 atom stereocenters. The maximum atomic E-state index is 13.1. The molecule has 1 heterocycles. The van der Waals surface area contributed by atoms with E-state index in [1.165, 1.54) is 15.8 Å². The lowest BCUT2D eigenvalue weighted by Gasteiger charge is -2.22. The Labute approximate surface area is 203 Å². The summed E-state index contributed by atoms with van der Waals surface area (Å²) in [6.07, 6.45) is 0.713. The van der Waals surface area contributed by atoms with Gasteiger partial charge in [-0.1, -0.05) is 62.4 Å². The van der Waals surface area contributed by atoms with E-state index in [0.29, 0.717) is 0 Å². The Bertz CT molecular complexity index is 1220. The van der Waals surface area contributed by atoms with E-state index in [2.05, 4.69) is 22.5 Å². The summed E-state index contributed by atoms with van der Waals surface area (Å²) in [7, 11) is 1.61. The Kier molecular flexibility index (Phi) is 6.86. The molecule has 4 rings (SSSR count). The molecular formula is C26H28N4O5. The average Bonchev–Trinajstić information content (AvgIpc) is 3.33. The van der Waals surface area contributed by atoms with Gasteiger partial charge in [0.15, 0.2) is 5.82 Å². The van der Waals surface area contributed by atoms with Gasteiger partial charge in [-0.3, -0.25) is 19.6 Å². The van der Waals surface area contributed by atoms with Gasteiger partial charge in [0.25, 0.3) is 5.91 Å². The lowest BCUT2D eigenvalue weighted by atomic mass is 9.98. The van der Waals surface area contributed by atoms with Gasteiger partial charge in [-0.25, -0.2) is 4.79 Å². The van der Waals surface area contributed by atoms with Crippen LogP contribution in [-0.2, 0) is 16.6 Å². The molecule has 1 aliphatic carbocycles. The van der Waals surface area contributed by atoms with Crippen molar-refractivity contribution in [1.82, 2.24) is 14.7 Å². The van der Waals surface area contributed by atoms with Gasteiger partial charge < -0.3 is 14.7 Å². The zero-order valence-electron chi connectivity index (χ0n) is 19.9. The van der Waals surface area contributed by atoms with Crippen LogP contribution in [-0.4, -0.2) is 57.5 Å². The van der Waals surface area contributed by atoms with Crippen molar-refractivity contribution in [3.8, 4) is 11.1 Å². The third kappa shape index (κ3) is 5.18. The minimum absolute atomic E-state index is 0.0221. The molecule has 9 heteroatoms. The highest BCUT2D eigenvalue weighted by Crippen LogP contribution is 2.44. The van der Waals surface area contributed by atoms with Crippen molar-refractivity contribution in [2.75, 3.05) is 25.0 Å². The van der Waals surface area contributed by atoms with Gasteiger partial charge in [0, 0.05) is 25.7 Å². The number of aliphatic carboxylic acids is 1. The highest BCUT2D eigenvalue weighted by Gasteiger charge is 2.30. The molecule has 3 aromatic rings. The lowest BCUT2D eigenvalue weighted by molar-refractivity contribution is -0.137. The van der Waals surface area contributed by atoms with E-state index in [-0.39, 0.29) is 36.4 Å². The largest absolute Gasteiger partial charge is 0.480 e. The standard InChI is InChI=1S/C26H28N4O5/c1-16(2)12-30(14-23(31)32)25(33)21-13-29(3)28-24(21)27-26(34)35-15-22-19-10-6-4-8-17(19)18-9-5-7-11-20(18)22/h4-11,13,16,22H,12,14-15H2,1-3H3,(H,31,32)(H,27,28,34). The summed E-state index contributed by atoms with van der Waals surface area (Å²) in [5.41, 5.74) is 4.53. The number of nitrogens with zero attached hydrogens (tertiary/aromatic N) is 3. The van der Waals surface area contributed by atoms with E-state index in [9.17, 15) is 19.5 Å². The number of fused-ring (bicyclic) bond motifs is 3. The number of hydrogen-bond donors (Lipinski definition) is 2. The molecular weight excluding hydrogens is 448 g/mol. The molecule has 35 heavy (non-hydrogen) atoms. The predicted octanol–water partition coefficient (Wildman–Crippen LogP) is 3.96. The van der Waals surface area contributed by atoms with Crippen LogP contribution < -0.4 is 5.32 Å². The van der Waals surface area contributed by atoms with Crippen LogP contribution in [0.1, 0.15) is 41.3 Å². The molecule has 0 bridgehead atoms.